The third-order valence-corrected chi connectivity index (χ3v) is 3.45. The van der Waals surface area contributed by atoms with Crippen LogP contribution in [0.25, 0.3) is 0 Å². The van der Waals surface area contributed by atoms with E-state index in [1.807, 2.05) is 6.92 Å². The van der Waals surface area contributed by atoms with Gasteiger partial charge in [-0.1, -0.05) is 13.3 Å². The van der Waals surface area contributed by atoms with Crippen LogP contribution >= 0.6 is 0 Å². The predicted octanol–water partition coefficient (Wildman–Crippen LogP) is 1.13. The maximum atomic E-state index is 12.0. The van der Waals surface area contributed by atoms with Crippen molar-refractivity contribution in [2.75, 3.05) is 26.2 Å². The van der Waals surface area contributed by atoms with Crippen molar-refractivity contribution in [2.24, 2.45) is 5.92 Å². The molecule has 1 aliphatic heterocycles. The SMILES string of the molecule is CCC[C@@H](O)CNC(=O)[C@@H]1CCCN(C(=O)OCC)C1. The van der Waals surface area contributed by atoms with Gasteiger partial charge in [-0.15, -0.1) is 0 Å². The quantitative estimate of drug-likeness (QED) is 0.767. The summed E-state index contributed by atoms with van der Waals surface area (Å²) in [7, 11) is 0. The molecule has 2 N–H and O–H groups in total. The Kier molecular flexibility index (Phi) is 7.36. The summed E-state index contributed by atoms with van der Waals surface area (Å²) in [6, 6.07) is 0. The highest BCUT2D eigenvalue weighted by Crippen LogP contribution is 2.17. The van der Waals surface area contributed by atoms with Crippen molar-refractivity contribution in [3.05, 3.63) is 0 Å². The van der Waals surface area contributed by atoms with Crippen molar-refractivity contribution >= 4 is 12.0 Å². The summed E-state index contributed by atoms with van der Waals surface area (Å²) in [4.78, 5) is 25.3. The molecule has 0 aromatic carbocycles. The van der Waals surface area contributed by atoms with Gasteiger partial charge < -0.3 is 20.1 Å². The van der Waals surface area contributed by atoms with E-state index < -0.39 is 6.10 Å². The van der Waals surface area contributed by atoms with Gasteiger partial charge in [-0.3, -0.25) is 4.79 Å². The van der Waals surface area contributed by atoms with E-state index in [0.717, 1.165) is 19.3 Å². The normalized spacial score (nSPS) is 20.4. The van der Waals surface area contributed by atoms with Crippen LogP contribution in [0.2, 0.25) is 0 Å². The molecule has 0 aliphatic carbocycles. The number of likely N-dealkylation sites (tertiary alicyclic amines) is 1. The fourth-order valence-electron chi connectivity index (χ4n) is 2.37. The molecule has 0 unspecified atom stereocenters. The topological polar surface area (TPSA) is 78.9 Å². The van der Waals surface area contributed by atoms with Gasteiger partial charge in [0.15, 0.2) is 0 Å². The molecule has 0 radical (unpaired) electrons. The van der Waals surface area contributed by atoms with Crippen LogP contribution in [0, 0.1) is 5.92 Å². The number of hydrogen-bond donors (Lipinski definition) is 2. The largest absolute Gasteiger partial charge is 0.450 e. The predicted molar refractivity (Wildman–Crippen MR) is 75.2 cm³/mol. The van der Waals surface area contributed by atoms with E-state index in [1.165, 1.54) is 0 Å². The third kappa shape index (κ3) is 5.36. The van der Waals surface area contributed by atoms with Gasteiger partial charge in [0.25, 0.3) is 0 Å². The Hall–Kier alpha value is -1.30. The van der Waals surface area contributed by atoms with Crippen LogP contribution in [0.15, 0.2) is 0 Å². The number of hydrogen-bond acceptors (Lipinski definition) is 4. The molecular weight excluding hydrogens is 260 g/mol. The molecule has 2 atom stereocenters. The molecule has 6 nitrogen and oxygen atoms in total. The zero-order valence-electron chi connectivity index (χ0n) is 12.4. The van der Waals surface area contributed by atoms with Gasteiger partial charge in [0.2, 0.25) is 5.91 Å². The lowest BCUT2D eigenvalue weighted by atomic mass is 9.97. The summed E-state index contributed by atoms with van der Waals surface area (Å²) in [6.07, 6.45) is 2.29. The molecule has 0 spiro atoms. The van der Waals surface area contributed by atoms with E-state index in [2.05, 4.69) is 5.32 Å². The van der Waals surface area contributed by atoms with Crippen molar-refractivity contribution in [3.8, 4) is 0 Å². The summed E-state index contributed by atoms with van der Waals surface area (Å²) < 4.78 is 4.95. The molecule has 1 rings (SSSR count). The van der Waals surface area contributed by atoms with Crippen LogP contribution < -0.4 is 5.32 Å². The highest BCUT2D eigenvalue weighted by atomic mass is 16.6. The number of carbonyl (C=O) groups is 2. The Morgan fingerprint density at radius 3 is 2.85 bits per heavy atom. The summed E-state index contributed by atoms with van der Waals surface area (Å²) in [5.41, 5.74) is 0. The second-order valence-electron chi connectivity index (χ2n) is 5.17. The average molecular weight is 286 g/mol. The molecule has 20 heavy (non-hydrogen) atoms. The first-order valence-corrected chi connectivity index (χ1v) is 7.45. The smallest absolute Gasteiger partial charge is 0.409 e. The molecule has 0 saturated carbocycles. The zero-order chi connectivity index (χ0) is 15.0. The Balaban J connectivity index is 2.38. The summed E-state index contributed by atoms with van der Waals surface area (Å²) in [5.74, 6) is -0.295. The molecule has 2 amide bonds. The Morgan fingerprint density at radius 1 is 1.45 bits per heavy atom. The number of rotatable bonds is 6. The van der Waals surface area contributed by atoms with E-state index in [4.69, 9.17) is 4.74 Å². The van der Waals surface area contributed by atoms with E-state index in [9.17, 15) is 14.7 Å². The molecule has 1 fully saturated rings. The maximum Gasteiger partial charge on any atom is 0.409 e. The summed E-state index contributed by atoms with van der Waals surface area (Å²) >= 11 is 0. The minimum Gasteiger partial charge on any atom is -0.450 e. The molecule has 0 bridgehead atoms. The van der Waals surface area contributed by atoms with E-state index in [1.54, 1.807) is 11.8 Å². The van der Waals surface area contributed by atoms with Crippen LogP contribution in [0.5, 0.6) is 0 Å². The number of amides is 2. The van der Waals surface area contributed by atoms with Gasteiger partial charge in [0.05, 0.1) is 18.6 Å². The molecule has 1 aliphatic rings. The number of ether oxygens (including phenoxy) is 1. The van der Waals surface area contributed by atoms with E-state index in [-0.39, 0.29) is 24.5 Å². The Bertz CT molecular complexity index is 322. The molecule has 6 heteroatoms. The highest BCUT2D eigenvalue weighted by molar-refractivity contribution is 5.80. The number of nitrogens with one attached hydrogen (secondary N) is 1. The van der Waals surface area contributed by atoms with Crippen molar-refractivity contribution in [1.82, 2.24) is 10.2 Å². The fraction of sp³-hybridized carbons (Fsp3) is 0.857. The zero-order valence-corrected chi connectivity index (χ0v) is 12.4. The van der Waals surface area contributed by atoms with Gasteiger partial charge in [0, 0.05) is 19.6 Å². The average Bonchev–Trinajstić information content (AvgIpc) is 2.45. The minimum absolute atomic E-state index is 0.0887. The monoisotopic (exact) mass is 286 g/mol. The number of aliphatic hydroxyl groups excluding tert-OH is 1. The molecular formula is C14H26N2O4. The first-order valence-electron chi connectivity index (χ1n) is 7.45. The number of nitrogens with zero attached hydrogens (tertiary/aromatic N) is 1. The second-order valence-corrected chi connectivity index (χ2v) is 5.17. The van der Waals surface area contributed by atoms with E-state index >= 15 is 0 Å². The first kappa shape index (κ1) is 16.8. The van der Waals surface area contributed by atoms with Crippen LogP contribution in [-0.2, 0) is 9.53 Å². The van der Waals surface area contributed by atoms with Crippen molar-refractivity contribution < 1.29 is 19.4 Å². The van der Waals surface area contributed by atoms with Crippen molar-refractivity contribution in [1.29, 1.82) is 0 Å². The first-order chi connectivity index (χ1) is 9.58. The van der Waals surface area contributed by atoms with Gasteiger partial charge in [-0.2, -0.15) is 0 Å². The molecule has 0 aromatic heterocycles. The van der Waals surface area contributed by atoms with Crippen LogP contribution in [0.1, 0.15) is 39.5 Å². The minimum atomic E-state index is -0.492. The number of carbonyl (C=O) groups excluding carboxylic acids is 2. The van der Waals surface area contributed by atoms with Gasteiger partial charge in [-0.05, 0) is 26.2 Å². The van der Waals surface area contributed by atoms with Crippen LogP contribution in [0.4, 0.5) is 4.79 Å². The lowest BCUT2D eigenvalue weighted by molar-refractivity contribution is -0.126. The van der Waals surface area contributed by atoms with Gasteiger partial charge in [-0.25, -0.2) is 4.79 Å². The standard InChI is InChI=1S/C14H26N2O4/c1-3-6-12(17)9-15-13(18)11-7-5-8-16(10-11)14(19)20-4-2/h11-12,17H,3-10H2,1-2H3,(H,15,18)/t11-,12-/m1/s1. The Morgan fingerprint density at radius 2 is 2.20 bits per heavy atom. The second kappa shape index (κ2) is 8.79. The molecule has 116 valence electrons. The Labute approximate surface area is 120 Å². The van der Waals surface area contributed by atoms with E-state index in [0.29, 0.717) is 26.1 Å². The molecule has 1 saturated heterocycles. The third-order valence-electron chi connectivity index (χ3n) is 3.45. The van der Waals surface area contributed by atoms with Crippen LogP contribution in [-0.4, -0.2) is 54.4 Å². The van der Waals surface area contributed by atoms with Gasteiger partial charge >= 0.3 is 6.09 Å². The van der Waals surface area contributed by atoms with Crippen LogP contribution in [0.3, 0.4) is 0 Å². The number of aliphatic hydroxyl groups is 1. The molecule has 1 heterocycles. The fourth-order valence-corrected chi connectivity index (χ4v) is 2.37. The van der Waals surface area contributed by atoms with Crippen molar-refractivity contribution in [2.45, 2.75) is 45.6 Å². The van der Waals surface area contributed by atoms with Crippen molar-refractivity contribution in [3.63, 3.8) is 0 Å². The summed E-state index contributed by atoms with van der Waals surface area (Å²) in [5, 5.41) is 12.4. The highest BCUT2D eigenvalue weighted by Gasteiger charge is 2.29. The number of piperidine rings is 1. The van der Waals surface area contributed by atoms with Gasteiger partial charge in [0.1, 0.15) is 0 Å². The lowest BCUT2D eigenvalue weighted by Crippen LogP contribution is -2.46. The summed E-state index contributed by atoms with van der Waals surface area (Å²) in [6.45, 7) is 5.41. The maximum absolute atomic E-state index is 12.0. The lowest BCUT2D eigenvalue weighted by Gasteiger charge is -2.31. The molecule has 0 aromatic rings.